The Balaban J connectivity index is 0.000000686. The molecule has 0 bridgehead atoms. The van der Waals surface area contributed by atoms with Gasteiger partial charge in [-0.05, 0) is 18.2 Å². The number of aromatic carboxylic acids is 1. The quantitative estimate of drug-likeness (QED) is 0.537. The van der Waals surface area contributed by atoms with Crippen molar-refractivity contribution >= 4 is 35.2 Å². The molecule has 17 heavy (non-hydrogen) atoms. The Morgan fingerprint density at radius 1 is 1.35 bits per heavy atom. The van der Waals surface area contributed by atoms with Crippen LogP contribution in [0.1, 0.15) is 24.2 Å². The van der Waals surface area contributed by atoms with Crippen LogP contribution in [-0.2, 0) is 0 Å². The minimum Gasteiger partial charge on any atom is -0.478 e. The van der Waals surface area contributed by atoms with Crippen molar-refractivity contribution in [3.63, 3.8) is 0 Å². The number of nitrogens with two attached hydrogens (primary N) is 1. The van der Waals surface area contributed by atoms with Crippen molar-refractivity contribution < 1.29 is 9.90 Å². The zero-order chi connectivity index (χ0) is 13.0. The molecule has 0 radical (unpaired) electrons. The molecule has 0 fully saturated rings. The van der Waals surface area contributed by atoms with E-state index in [1.54, 1.807) is 18.2 Å². The molecule has 3 N–H and O–H groups in total. The summed E-state index contributed by atoms with van der Waals surface area (Å²) in [4.78, 5) is 15.3. The van der Waals surface area contributed by atoms with Crippen LogP contribution in [0.25, 0.3) is 10.9 Å². The summed E-state index contributed by atoms with van der Waals surface area (Å²) in [6.45, 7) is 4.00. The van der Waals surface area contributed by atoms with Gasteiger partial charge in [0, 0.05) is 22.2 Å². The molecule has 0 amide bonds. The highest BCUT2D eigenvalue weighted by Gasteiger charge is 2.06. The fraction of sp³-hybridized carbons (Fsp3) is 0.167. The van der Waals surface area contributed by atoms with Gasteiger partial charge in [0.05, 0.1) is 11.1 Å². The summed E-state index contributed by atoms with van der Waals surface area (Å²) >= 11 is 4.16. The van der Waals surface area contributed by atoms with Gasteiger partial charge in [0.25, 0.3) is 0 Å². The van der Waals surface area contributed by atoms with Gasteiger partial charge in [-0.25, -0.2) is 4.79 Å². The number of benzene rings is 1. The zero-order valence-electron chi connectivity index (χ0n) is 9.64. The number of carboxylic acids is 1. The van der Waals surface area contributed by atoms with Gasteiger partial charge < -0.3 is 10.8 Å². The third-order valence-electron chi connectivity index (χ3n) is 2.08. The smallest absolute Gasteiger partial charge is 0.337 e. The summed E-state index contributed by atoms with van der Waals surface area (Å²) in [6, 6.07) is 4.92. The van der Waals surface area contributed by atoms with E-state index >= 15 is 0 Å². The fourth-order valence-corrected chi connectivity index (χ4v) is 1.50. The lowest BCUT2D eigenvalue weighted by Gasteiger charge is -2.03. The maximum Gasteiger partial charge on any atom is 0.337 e. The van der Waals surface area contributed by atoms with E-state index < -0.39 is 5.97 Å². The summed E-state index contributed by atoms with van der Waals surface area (Å²) in [5.41, 5.74) is 7.00. The summed E-state index contributed by atoms with van der Waals surface area (Å²) < 4.78 is 0. The maximum absolute atomic E-state index is 10.7. The zero-order valence-corrected chi connectivity index (χ0v) is 10.5. The van der Waals surface area contributed by atoms with Crippen LogP contribution in [0.3, 0.4) is 0 Å². The van der Waals surface area contributed by atoms with Gasteiger partial charge in [-0.15, -0.1) is 12.6 Å². The van der Waals surface area contributed by atoms with E-state index in [9.17, 15) is 4.79 Å². The van der Waals surface area contributed by atoms with E-state index in [1.165, 1.54) is 6.20 Å². The molecule has 0 saturated heterocycles. The SMILES string of the molecule is CC.Nc1cc2ncc(C(=O)O)cc2cc1S. The van der Waals surface area contributed by atoms with Crippen LogP contribution in [0, 0.1) is 0 Å². The lowest BCUT2D eigenvalue weighted by Crippen LogP contribution is -1.97. The Labute approximate surface area is 105 Å². The number of carboxylic acid groups (broad SMARTS) is 1. The highest BCUT2D eigenvalue weighted by Crippen LogP contribution is 2.23. The Morgan fingerprint density at radius 3 is 2.59 bits per heavy atom. The minimum atomic E-state index is -0.998. The van der Waals surface area contributed by atoms with E-state index in [1.807, 2.05) is 13.8 Å². The first-order valence-corrected chi connectivity index (χ1v) is 5.64. The lowest BCUT2D eigenvalue weighted by atomic mass is 10.1. The number of aromatic nitrogens is 1. The van der Waals surface area contributed by atoms with Crippen molar-refractivity contribution in [2.45, 2.75) is 18.7 Å². The first-order valence-electron chi connectivity index (χ1n) is 5.19. The van der Waals surface area contributed by atoms with Gasteiger partial charge in [-0.1, -0.05) is 13.8 Å². The highest BCUT2D eigenvalue weighted by molar-refractivity contribution is 7.80. The number of pyridine rings is 1. The molecule has 0 aliphatic carbocycles. The van der Waals surface area contributed by atoms with Crippen molar-refractivity contribution in [1.29, 1.82) is 0 Å². The van der Waals surface area contributed by atoms with E-state index in [-0.39, 0.29) is 5.56 Å². The minimum absolute atomic E-state index is 0.153. The van der Waals surface area contributed by atoms with Crippen molar-refractivity contribution in [2.75, 3.05) is 5.73 Å². The highest BCUT2D eigenvalue weighted by atomic mass is 32.1. The van der Waals surface area contributed by atoms with Crippen LogP contribution >= 0.6 is 12.6 Å². The molecule has 5 heteroatoms. The van der Waals surface area contributed by atoms with Gasteiger partial charge in [-0.2, -0.15) is 0 Å². The monoisotopic (exact) mass is 250 g/mol. The number of anilines is 1. The van der Waals surface area contributed by atoms with E-state index in [0.29, 0.717) is 21.5 Å². The molecule has 0 atom stereocenters. The van der Waals surface area contributed by atoms with Crippen LogP contribution in [0.2, 0.25) is 0 Å². The van der Waals surface area contributed by atoms with E-state index in [0.717, 1.165) is 0 Å². The van der Waals surface area contributed by atoms with Gasteiger partial charge >= 0.3 is 5.97 Å². The molecule has 0 spiro atoms. The number of rotatable bonds is 1. The molecule has 1 heterocycles. The molecule has 2 aromatic rings. The van der Waals surface area contributed by atoms with Crippen LogP contribution < -0.4 is 5.73 Å². The standard InChI is InChI=1S/C10H8N2O2S.C2H6/c11-7-3-8-5(2-9(7)15)1-6(4-12-8)10(13)14;1-2/h1-4,15H,11H2,(H,13,14);1-2H3. The van der Waals surface area contributed by atoms with Gasteiger partial charge in [0.1, 0.15) is 0 Å². The fourth-order valence-electron chi connectivity index (χ4n) is 1.30. The van der Waals surface area contributed by atoms with Crippen LogP contribution in [0.5, 0.6) is 0 Å². The second-order valence-corrected chi connectivity index (χ2v) is 3.61. The summed E-state index contributed by atoms with van der Waals surface area (Å²) in [6.07, 6.45) is 1.31. The Kier molecular flexibility index (Phi) is 4.34. The predicted molar refractivity (Wildman–Crippen MR) is 71.7 cm³/mol. The number of hydrogen-bond donors (Lipinski definition) is 3. The number of nitrogens with zero attached hydrogens (tertiary/aromatic N) is 1. The third-order valence-corrected chi connectivity index (χ3v) is 2.46. The number of thiol groups is 1. The first kappa shape index (κ1) is 13.3. The third kappa shape index (κ3) is 2.88. The topological polar surface area (TPSA) is 76.2 Å². The summed E-state index contributed by atoms with van der Waals surface area (Å²) in [5.74, 6) is -0.998. The van der Waals surface area contributed by atoms with Crippen molar-refractivity contribution in [3.8, 4) is 0 Å². The average molecular weight is 250 g/mol. The first-order chi connectivity index (χ1) is 8.08. The average Bonchev–Trinajstić information content (AvgIpc) is 2.32. The van der Waals surface area contributed by atoms with Crippen molar-refractivity contribution in [1.82, 2.24) is 4.98 Å². The maximum atomic E-state index is 10.7. The number of nitrogen functional groups attached to an aromatic ring is 1. The number of fused-ring (bicyclic) bond motifs is 1. The molecule has 1 aromatic heterocycles. The Bertz CT molecular complexity index is 555. The molecule has 2 rings (SSSR count). The second-order valence-electron chi connectivity index (χ2n) is 3.13. The molecular weight excluding hydrogens is 236 g/mol. The lowest BCUT2D eigenvalue weighted by molar-refractivity contribution is 0.0696. The van der Waals surface area contributed by atoms with Gasteiger partial charge in [0.2, 0.25) is 0 Å². The Morgan fingerprint density at radius 2 is 2.00 bits per heavy atom. The predicted octanol–water partition coefficient (Wildman–Crippen LogP) is 2.83. The molecule has 0 saturated carbocycles. The van der Waals surface area contributed by atoms with Crippen LogP contribution in [0.4, 0.5) is 5.69 Å². The van der Waals surface area contributed by atoms with E-state index in [2.05, 4.69) is 17.6 Å². The van der Waals surface area contributed by atoms with Gasteiger partial charge in [-0.3, -0.25) is 4.98 Å². The summed E-state index contributed by atoms with van der Waals surface area (Å²) in [7, 11) is 0. The van der Waals surface area contributed by atoms with Crippen LogP contribution in [-0.4, -0.2) is 16.1 Å². The van der Waals surface area contributed by atoms with E-state index in [4.69, 9.17) is 10.8 Å². The number of hydrogen-bond acceptors (Lipinski definition) is 4. The normalized spacial score (nSPS) is 9.59. The molecule has 90 valence electrons. The van der Waals surface area contributed by atoms with Gasteiger partial charge in [0.15, 0.2) is 0 Å². The second kappa shape index (κ2) is 5.54. The molecule has 0 unspecified atom stereocenters. The molecule has 0 aliphatic heterocycles. The van der Waals surface area contributed by atoms with Crippen molar-refractivity contribution in [3.05, 3.63) is 30.0 Å². The van der Waals surface area contributed by atoms with Crippen LogP contribution in [0.15, 0.2) is 29.3 Å². The Hall–Kier alpha value is -1.75. The largest absolute Gasteiger partial charge is 0.478 e. The number of carbonyl (C=O) groups is 1. The molecular formula is C12H14N2O2S. The molecule has 4 nitrogen and oxygen atoms in total. The molecule has 1 aromatic carbocycles. The van der Waals surface area contributed by atoms with Crippen molar-refractivity contribution in [2.24, 2.45) is 0 Å². The molecule has 0 aliphatic rings. The summed E-state index contributed by atoms with van der Waals surface area (Å²) in [5, 5.41) is 9.50.